The van der Waals surface area contributed by atoms with Gasteiger partial charge in [0.05, 0.1) is 5.75 Å². The number of nitrogens with zero attached hydrogens (tertiary/aromatic N) is 3. The summed E-state index contributed by atoms with van der Waals surface area (Å²) in [5, 5.41) is 8.31. The fourth-order valence-corrected chi connectivity index (χ4v) is 2.90. The Hall–Kier alpha value is -1.60. The predicted octanol–water partition coefficient (Wildman–Crippen LogP) is 2.32. The molecule has 0 saturated heterocycles. The van der Waals surface area contributed by atoms with Gasteiger partial charge in [0.15, 0.2) is 5.82 Å². The SMILES string of the molecule is CCn1c(COc2ccc(Cl)cc2)nnc1S(=O)(=O)CC. The van der Waals surface area contributed by atoms with Crippen LogP contribution in [0.3, 0.4) is 0 Å². The number of hydrogen-bond acceptors (Lipinski definition) is 5. The highest BCUT2D eigenvalue weighted by Crippen LogP contribution is 2.17. The molecule has 0 aliphatic heterocycles. The van der Waals surface area contributed by atoms with E-state index in [-0.39, 0.29) is 17.5 Å². The summed E-state index contributed by atoms with van der Waals surface area (Å²) in [5.74, 6) is 1.09. The molecule has 0 spiro atoms. The molecular formula is C13H16ClN3O3S. The summed E-state index contributed by atoms with van der Waals surface area (Å²) in [6, 6.07) is 6.90. The predicted molar refractivity (Wildman–Crippen MR) is 79.2 cm³/mol. The van der Waals surface area contributed by atoms with Crippen molar-refractivity contribution in [2.75, 3.05) is 5.75 Å². The van der Waals surface area contributed by atoms with Crippen molar-refractivity contribution in [2.24, 2.45) is 0 Å². The normalized spacial score (nSPS) is 11.6. The van der Waals surface area contributed by atoms with Gasteiger partial charge < -0.3 is 4.74 Å². The van der Waals surface area contributed by atoms with Crippen LogP contribution in [-0.2, 0) is 23.0 Å². The smallest absolute Gasteiger partial charge is 0.249 e. The Balaban J connectivity index is 2.19. The Labute approximate surface area is 128 Å². The van der Waals surface area contributed by atoms with Gasteiger partial charge in [-0.2, -0.15) is 0 Å². The lowest BCUT2D eigenvalue weighted by Crippen LogP contribution is -2.14. The molecule has 0 atom stereocenters. The van der Waals surface area contributed by atoms with Gasteiger partial charge in [-0.05, 0) is 31.2 Å². The van der Waals surface area contributed by atoms with E-state index in [2.05, 4.69) is 10.2 Å². The van der Waals surface area contributed by atoms with Crippen LogP contribution in [0.1, 0.15) is 19.7 Å². The minimum atomic E-state index is -3.39. The van der Waals surface area contributed by atoms with Crippen molar-refractivity contribution in [1.82, 2.24) is 14.8 Å². The molecule has 21 heavy (non-hydrogen) atoms. The fourth-order valence-electron chi connectivity index (χ4n) is 1.78. The van der Waals surface area contributed by atoms with E-state index in [9.17, 15) is 8.42 Å². The van der Waals surface area contributed by atoms with Crippen molar-refractivity contribution in [3.8, 4) is 5.75 Å². The number of sulfone groups is 1. The molecule has 0 aliphatic rings. The second-order valence-electron chi connectivity index (χ2n) is 4.29. The summed E-state index contributed by atoms with van der Waals surface area (Å²) in [6.45, 7) is 4.01. The van der Waals surface area contributed by atoms with Crippen LogP contribution in [0.2, 0.25) is 5.02 Å². The molecule has 0 amide bonds. The van der Waals surface area contributed by atoms with Gasteiger partial charge in [-0.25, -0.2) is 8.42 Å². The van der Waals surface area contributed by atoms with E-state index in [1.165, 1.54) is 0 Å². The molecule has 0 N–H and O–H groups in total. The van der Waals surface area contributed by atoms with Crippen molar-refractivity contribution in [3.63, 3.8) is 0 Å². The van der Waals surface area contributed by atoms with Crippen LogP contribution in [-0.4, -0.2) is 28.9 Å². The molecule has 1 aromatic heterocycles. The quantitative estimate of drug-likeness (QED) is 0.813. The van der Waals surface area contributed by atoms with Gasteiger partial charge in [0.2, 0.25) is 15.0 Å². The van der Waals surface area contributed by atoms with E-state index in [0.717, 1.165) is 0 Å². The highest BCUT2D eigenvalue weighted by atomic mass is 35.5. The first-order valence-corrected chi connectivity index (χ1v) is 8.54. The van der Waals surface area contributed by atoms with Crippen molar-refractivity contribution >= 4 is 21.4 Å². The highest BCUT2D eigenvalue weighted by molar-refractivity contribution is 7.91. The van der Waals surface area contributed by atoms with Crippen LogP contribution >= 0.6 is 11.6 Å². The van der Waals surface area contributed by atoms with E-state index in [4.69, 9.17) is 16.3 Å². The zero-order valence-electron chi connectivity index (χ0n) is 11.8. The van der Waals surface area contributed by atoms with E-state index in [1.54, 1.807) is 35.8 Å². The number of aromatic nitrogens is 3. The topological polar surface area (TPSA) is 74.1 Å². The summed E-state index contributed by atoms with van der Waals surface area (Å²) < 4.78 is 31.0. The lowest BCUT2D eigenvalue weighted by Gasteiger charge is -2.08. The van der Waals surface area contributed by atoms with E-state index < -0.39 is 9.84 Å². The third-order valence-electron chi connectivity index (χ3n) is 2.95. The molecular weight excluding hydrogens is 314 g/mol. The van der Waals surface area contributed by atoms with Gasteiger partial charge in [0, 0.05) is 11.6 Å². The molecule has 2 aromatic rings. The maximum Gasteiger partial charge on any atom is 0.249 e. The van der Waals surface area contributed by atoms with E-state index in [0.29, 0.717) is 23.1 Å². The molecule has 114 valence electrons. The largest absolute Gasteiger partial charge is 0.486 e. The standard InChI is InChI=1S/C13H16ClN3O3S/c1-3-17-12(15-16-13(17)21(18,19)4-2)9-20-11-7-5-10(14)6-8-11/h5-8H,3-4,9H2,1-2H3. The molecule has 0 saturated carbocycles. The average molecular weight is 330 g/mol. The third-order valence-corrected chi connectivity index (χ3v) is 4.82. The molecule has 1 heterocycles. The van der Waals surface area contributed by atoms with Crippen LogP contribution in [0.4, 0.5) is 0 Å². The molecule has 0 fully saturated rings. The van der Waals surface area contributed by atoms with Crippen LogP contribution in [0, 0.1) is 0 Å². The Morgan fingerprint density at radius 3 is 2.43 bits per heavy atom. The number of benzene rings is 1. The van der Waals surface area contributed by atoms with Crippen molar-refractivity contribution in [1.29, 1.82) is 0 Å². The molecule has 6 nitrogen and oxygen atoms in total. The van der Waals surface area contributed by atoms with Crippen molar-refractivity contribution < 1.29 is 13.2 Å². The Morgan fingerprint density at radius 1 is 1.19 bits per heavy atom. The maximum absolute atomic E-state index is 11.9. The summed E-state index contributed by atoms with van der Waals surface area (Å²) in [4.78, 5) is 0. The van der Waals surface area contributed by atoms with Crippen molar-refractivity contribution in [3.05, 3.63) is 35.1 Å². The second-order valence-corrected chi connectivity index (χ2v) is 6.90. The highest BCUT2D eigenvalue weighted by Gasteiger charge is 2.22. The number of hydrogen-bond donors (Lipinski definition) is 0. The summed E-state index contributed by atoms with van der Waals surface area (Å²) in [7, 11) is -3.39. The summed E-state index contributed by atoms with van der Waals surface area (Å²) in [5.41, 5.74) is 0. The van der Waals surface area contributed by atoms with Crippen LogP contribution in [0.25, 0.3) is 0 Å². The molecule has 0 radical (unpaired) electrons. The van der Waals surface area contributed by atoms with Gasteiger partial charge in [-0.1, -0.05) is 18.5 Å². The lowest BCUT2D eigenvalue weighted by molar-refractivity contribution is 0.288. The van der Waals surface area contributed by atoms with Crippen LogP contribution in [0.5, 0.6) is 5.75 Å². The Morgan fingerprint density at radius 2 is 1.86 bits per heavy atom. The third kappa shape index (κ3) is 3.54. The van der Waals surface area contributed by atoms with Crippen LogP contribution in [0.15, 0.2) is 29.4 Å². The molecule has 0 bridgehead atoms. The molecule has 8 heteroatoms. The zero-order chi connectivity index (χ0) is 15.5. The zero-order valence-corrected chi connectivity index (χ0v) is 13.4. The Bertz CT molecular complexity index is 711. The molecule has 0 unspecified atom stereocenters. The monoisotopic (exact) mass is 329 g/mol. The summed E-state index contributed by atoms with van der Waals surface area (Å²) in [6.07, 6.45) is 0. The van der Waals surface area contributed by atoms with Gasteiger partial charge in [-0.3, -0.25) is 4.57 Å². The lowest BCUT2D eigenvalue weighted by atomic mass is 10.3. The fraction of sp³-hybridized carbons (Fsp3) is 0.385. The number of halogens is 1. The Kier molecular flexibility index (Phi) is 4.84. The first-order chi connectivity index (χ1) is 9.97. The molecule has 1 aromatic carbocycles. The first kappa shape index (κ1) is 15.8. The van der Waals surface area contributed by atoms with E-state index >= 15 is 0 Å². The van der Waals surface area contributed by atoms with Gasteiger partial charge in [0.1, 0.15) is 12.4 Å². The summed E-state index contributed by atoms with van der Waals surface area (Å²) >= 11 is 5.80. The minimum Gasteiger partial charge on any atom is -0.486 e. The van der Waals surface area contributed by atoms with Crippen LogP contribution < -0.4 is 4.74 Å². The maximum atomic E-state index is 11.9. The number of rotatable bonds is 6. The minimum absolute atomic E-state index is 0.0107. The second kappa shape index (κ2) is 6.44. The first-order valence-electron chi connectivity index (χ1n) is 6.51. The molecule has 2 rings (SSSR count). The molecule has 0 aliphatic carbocycles. The van der Waals surface area contributed by atoms with Crippen molar-refractivity contribution in [2.45, 2.75) is 32.2 Å². The van der Waals surface area contributed by atoms with Gasteiger partial charge in [-0.15, -0.1) is 10.2 Å². The van der Waals surface area contributed by atoms with Gasteiger partial charge in [0.25, 0.3) is 0 Å². The van der Waals surface area contributed by atoms with Gasteiger partial charge >= 0.3 is 0 Å². The van der Waals surface area contributed by atoms with E-state index in [1.807, 2.05) is 6.92 Å². The average Bonchev–Trinajstić information content (AvgIpc) is 2.90. The number of ether oxygens (including phenoxy) is 1.